The molecule has 3 heterocycles. The first-order chi connectivity index (χ1) is 15.8. The Morgan fingerprint density at radius 1 is 1.21 bits per heavy atom. The molecule has 0 spiro atoms. The fraction of sp³-hybridized carbons (Fsp3) is 0.238. The van der Waals surface area contributed by atoms with Gasteiger partial charge < -0.3 is 10.1 Å². The molecule has 1 aromatic carbocycles. The molecule has 0 atom stereocenters. The first-order valence-corrected chi connectivity index (χ1v) is 10.8. The van der Waals surface area contributed by atoms with Crippen LogP contribution in [0, 0.1) is 5.82 Å². The Balaban J connectivity index is 1.79. The van der Waals surface area contributed by atoms with E-state index in [-0.39, 0.29) is 46.6 Å². The third-order valence-corrected chi connectivity index (χ3v) is 5.78. The molecule has 4 rings (SSSR count). The minimum Gasteiger partial charge on any atom is -0.461 e. The van der Waals surface area contributed by atoms with E-state index in [0.29, 0.717) is 0 Å². The molecule has 1 saturated heterocycles. The van der Waals surface area contributed by atoms with Gasteiger partial charge in [-0.3, -0.25) is 24.1 Å². The van der Waals surface area contributed by atoms with Gasteiger partial charge in [0.2, 0.25) is 17.7 Å². The molecule has 0 unspecified atom stereocenters. The number of aromatic nitrogens is 2. The molecule has 2 aromatic heterocycles. The minimum absolute atomic E-state index is 0.0326. The number of esters is 1. The maximum atomic E-state index is 13.8. The Hall–Kier alpha value is -3.93. The lowest BCUT2D eigenvalue weighted by Crippen LogP contribution is -2.37. The number of carbonyl (C=O) groups is 4. The van der Waals surface area contributed by atoms with Crippen molar-refractivity contribution in [1.29, 1.82) is 0 Å². The highest BCUT2D eigenvalue weighted by Gasteiger charge is 2.31. The number of hydrogen-bond acceptors (Lipinski definition) is 8. The summed E-state index contributed by atoms with van der Waals surface area (Å²) in [5, 5.41) is 8.29. The number of nitrogens with zero attached hydrogens (tertiary/aromatic N) is 3. The standard InChI is InChI=1S/C21H17FN4O6S/c1-2-32-21(31)18-13-10-33-19(23-14(27)9-25-15(28)6-7-16(25)29)17(13)20(30)26(24-18)12-5-3-4-11(22)8-12/h3-5,8,10H,2,6-7,9H2,1H3,(H,23,27). The minimum atomic E-state index is -0.795. The molecule has 0 bridgehead atoms. The van der Waals surface area contributed by atoms with E-state index in [0.717, 1.165) is 27.0 Å². The number of amides is 3. The fourth-order valence-electron chi connectivity index (χ4n) is 3.38. The average Bonchev–Trinajstić information content (AvgIpc) is 3.33. The maximum Gasteiger partial charge on any atom is 0.359 e. The van der Waals surface area contributed by atoms with Crippen LogP contribution < -0.4 is 10.9 Å². The molecular formula is C21H17FN4O6S. The van der Waals surface area contributed by atoms with Gasteiger partial charge >= 0.3 is 5.97 Å². The van der Waals surface area contributed by atoms with Gasteiger partial charge in [0, 0.05) is 23.6 Å². The Morgan fingerprint density at radius 2 is 1.94 bits per heavy atom. The number of halogens is 1. The summed E-state index contributed by atoms with van der Waals surface area (Å²) in [5.74, 6) is -3.00. The second-order valence-electron chi connectivity index (χ2n) is 7.04. The lowest BCUT2D eigenvalue weighted by Gasteiger charge is -2.13. The molecule has 33 heavy (non-hydrogen) atoms. The summed E-state index contributed by atoms with van der Waals surface area (Å²) in [6.45, 7) is 1.18. The van der Waals surface area contributed by atoms with E-state index < -0.39 is 41.6 Å². The molecule has 1 fully saturated rings. The number of nitrogens with one attached hydrogen (secondary N) is 1. The van der Waals surface area contributed by atoms with Crippen molar-refractivity contribution in [2.45, 2.75) is 19.8 Å². The van der Waals surface area contributed by atoms with Crippen molar-refractivity contribution in [2.24, 2.45) is 0 Å². The van der Waals surface area contributed by atoms with Gasteiger partial charge in [-0.2, -0.15) is 9.78 Å². The zero-order chi connectivity index (χ0) is 23.7. The number of carbonyl (C=O) groups excluding carboxylic acids is 4. The number of rotatable bonds is 6. The van der Waals surface area contributed by atoms with E-state index >= 15 is 0 Å². The van der Waals surface area contributed by atoms with Crippen LogP contribution >= 0.6 is 11.3 Å². The SMILES string of the molecule is CCOC(=O)c1nn(-c2cccc(F)c2)c(=O)c2c(NC(=O)CN3C(=O)CCC3=O)scc12. The van der Waals surface area contributed by atoms with Crippen LogP contribution in [-0.4, -0.2) is 51.5 Å². The summed E-state index contributed by atoms with van der Waals surface area (Å²) < 4.78 is 19.7. The van der Waals surface area contributed by atoms with Crippen LogP contribution in [0.5, 0.6) is 0 Å². The second kappa shape index (κ2) is 8.90. The monoisotopic (exact) mass is 472 g/mol. The molecular weight excluding hydrogens is 455 g/mol. The number of fused-ring (bicyclic) bond motifs is 1. The van der Waals surface area contributed by atoms with E-state index in [1.165, 1.54) is 23.6 Å². The van der Waals surface area contributed by atoms with Gasteiger partial charge in [-0.1, -0.05) is 6.07 Å². The van der Waals surface area contributed by atoms with Crippen LogP contribution in [0.3, 0.4) is 0 Å². The Bertz CT molecular complexity index is 1350. The molecule has 0 aliphatic carbocycles. The van der Waals surface area contributed by atoms with Crippen LogP contribution in [0.25, 0.3) is 16.5 Å². The van der Waals surface area contributed by atoms with Gasteiger partial charge in [-0.05, 0) is 25.1 Å². The van der Waals surface area contributed by atoms with Crippen molar-refractivity contribution in [3.63, 3.8) is 0 Å². The van der Waals surface area contributed by atoms with Gasteiger partial charge in [0.25, 0.3) is 5.56 Å². The molecule has 1 aliphatic heterocycles. The van der Waals surface area contributed by atoms with E-state index in [4.69, 9.17) is 4.74 Å². The van der Waals surface area contributed by atoms with E-state index in [1.54, 1.807) is 6.92 Å². The lowest BCUT2D eigenvalue weighted by molar-refractivity contribution is -0.141. The van der Waals surface area contributed by atoms with E-state index in [2.05, 4.69) is 10.4 Å². The molecule has 3 aromatic rings. The molecule has 12 heteroatoms. The number of hydrogen-bond donors (Lipinski definition) is 1. The third kappa shape index (κ3) is 4.24. The molecule has 170 valence electrons. The largest absolute Gasteiger partial charge is 0.461 e. The van der Waals surface area contributed by atoms with Gasteiger partial charge in [-0.25, -0.2) is 9.18 Å². The Morgan fingerprint density at radius 3 is 2.61 bits per heavy atom. The molecule has 10 nitrogen and oxygen atoms in total. The molecule has 1 N–H and O–H groups in total. The molecule has 3 amide bonds. The van der Waals surface area contributed by atoms with Crippen LogP contribution in [0.1, 0.15) is 30.3 Å². The summed E-state index contributed by atoms with van der Waals surface area (Å²) in [5.41, 5.74) is -0.810. The summed E-state index contributed by atoms with van der Waals surface area (Å²) in [4.78, 5) is 62.7. The maximum absolute atomic E-state index is 13.8. The van der Waals surface area contributed by atoms with Crippen molar-refractivity contribution in [2.75, 3.05) is 18.5 Å². The van der Waals surface area contributed by atoms with Gasteiger partial charge in [-0.15, -0.1) is 11.3 Å². The predicted molar refractivity (Wildman–Crippen MR) is 116 cm³/mol. The molecule has 1 aliphatic rings. The fourth-order valence-corrected chi connectivity index (χ4v) is 4.34. The van der Waals surface area contributed by atoms with Gasteiger partial charge in [0.1, 0.15) is 17.4 Å². The van der Waals surface area contributed by atoms with Gasteiger partial charge in [0.15, 0.2) is 5.69 Å². The highest BCUT2D eigenvalue weighted by atomic mass is 32.1. The van der Waals surface area contributed by atoms with Crippen LogP contribution in [0.15, 0.2) is 34.4 Å². The number of benzene rings is 1. The van der Waals surface area contributed by atoms with E-state index in [1.807, 2.05) is 0 Å². The van der Waals surface area contributed by atoms with Crippen molar-refractivity contribution in [3.05, 3.63) is 51.5 Å². The number of likely N-dealkylation sites (tertiary alicyclic amines) is 1. The lowest BCUT2D eigenvalue weighted by atomic mass is 10.2. The van der Waals surface area contributed by atoms with Crippen molar-refractivity contribution >= 4 is 50.8 Å². The average molecular weight is 472 g/mol. The predicted octanol–water partition coefficient (Wildman–Crippen LogP) is 1.85. The van der Waals surface area contributed by atoms with Gasteiger partial charge in [0.05, 0.1) is 17.7 Å². The van der Waals surface area contributed by atoms with Crippen LogP contribution in [0.2, 0.25) is 0 Å². The molecule has 0 radical (unpaired) electrons. The summed E-state index contributed by atoms with van der Waals surface area (Å²) in [7, 11) is 0. The van der Waals surface area contributed by atoms with Crippen molar-refractivity contribution in [1.82, 2.24) is 14.7 Å². The summed E-state index contributed by atoms with van der Waals surface area (Å²) >= 11 is 0.966. The number of ether oxygens (including phenoxy) is 1. The second-order valence-corrected chi connectivity index (χ2v) is 7.92. The zero-order valence-electron chi connectivity index (χ0n) is 17.3. The van der Waals surface area contributed by atoms with E-state index in [9.17, 15) is 28.4 Å². The first-order valence-electron chi connectivity index (χ1n) is 9.90. The van der Waals surface area contributed by atoms with Crippen LogP contribution in [0.4, 0.5) is 9.39 Å². The van der Waals surface area contributed by atoms with Crippen LogP contribution in [-0.2, 0) is 19.1 Å². The third-order valence-electron chi connectivity index (χ3n) is 4.88. The number of thiophene rings is 1. The summed E-state index contributed by atoms with van der Waals surface area (Å²) in [6.07, 6.45) is 0.0852. The number of anilines is 1. The first kappa shape index (κ1) is 22.3. The number of imide groups is 1. The summed E-state index contributed by atoms with van der Waals surface area (Å²) in [6, 6.07) is 5.09. The Labute approximate surface area is 189 Å². The zero-order valence-corrected chi connectivity index (χ0v) is 18.1. The highest BCUT2D eigenvalue weighted by Crippen LogP contribution is 2.30. The highest BCUT2D eigenvalue weighted by molar-refractivity contribution is 7.16. The topological polar surface area (TPSA) is 128 Å². The molecule has 0 saturated carbocycles. The normalized spacial score (nSPS) is 13.6. The smallest absolute Gasteiger partial charge is 0.359 e. The Kier molecular flexibility index (Phi) is 6.01. The van der Waals surface area contributed by atoms with Crippen molar-refractivity contribution in [3.8, 4) is 5.69 Å². The quantitative estimate of drug-likeness (QED) is 0.428. The van der Waals surface area contributed by atoms with Crippen molar-refractivity contribution < 1.29 is 28.3 Å².